The molecule has 2 aromatic carbocycles. The second kappa shape index (κ2) is 6.43. The van der Waals surface area contributed by atoms with Crippen LogP contribution in [0.5, 0.6) is 0 Å². The number of hydrogen-bond donors (Lipinski definition) is 1. The van der Waals surface area contributed by atoms with E-state index in [9.17, 15) is 4.79 Å². The summed E-state index contributed by atoms with van der Waals surface area (Å²) in [4.78, 5) is 19.0. The van der Waals surface area contributed by atoms with Gasteiger partial charge in [-0.05, 0) is 24.1 Å². The highest BCUT2D eigenvalue weighted by Crippen LogP contribution is 2.27. The standard InChI is InChI=1S/C18H19N3O/c1-2-13-21-17(22)16(14-9-5-3-6-10-14)20-18(21)19-15-11-7-4-8-12-15/h3-12,16H,2,13H2,1H3,(H,19,20). The summed E-state index contributed by atoms with van der Waals surface area (Å²) in [7, 11) is 0. The molecule has 1 amide bonds. The summed E-state index contributed by atoms with van der Waals surface area (Å²) in [5, 5.41) is 3.26. The number of anilines is 1. The van der Waals surface area contributed by atoms with Crippen molar-refractivity contribution in [2.24, 2.45) is 4.99 Å². The molecular weight excluding hydrogens is 274 g/mol. The molecule has 0 aliphatic carbocycles. The van der Waals surface area contributed by atoms with Gasteiger partial charge in [0.15, 0.2) is 6.04 Å². The molecule has 0 saturated heterocycles. The molecule has 112 valence electrons. The minimum absolute atomic E-state index is 0.0338. The van der Waals surface area contributed by atoms with E-state index in [2.05, 4.69) is 17.2 Å². The van der Waals surface area contributed by atoms with Gasteiger partial charge in [0.25, 0.3) is 5.91 Å². The Morgan fingerprint density at radius 3 is 2.32 bits per heavy atom. The smallest absolute Gasteiger partial charge is 0.258 e. The molecule has 0 spiro atoms. The van der Waals surface area contributed by atoms with Crippen LogP contribution in [0.25, 0.3) is 0 Å². The Labute approximate surface area is 130 Å². The van der Waals surface area contributed by atoms with E-state index < -0.39 is 6.04 Å². The van der Waals surface area contributed by atoms with Gasteiger partial charge in [0.05, 0.1) is 0 Å². The highest BCUT2D eigenvalue weighted by molar-refractivity contribution is 6.10. The molecular formula is C18H19N3O. The second-order valence-electron chi connectivity index (χ2n) is 5.25. The molecule has 4 nitrogen and oxygen atoms in total. The van der Waals surface area contributed by atoms with E-state index in [1.165, 1.54) is 0 Å². The molecule has 1 N–H and O–H groups in total. The van der Waals surface area contributed by atoms with Crippen molar-refractivity contribution in [3.8, 4) is 0 Å². The van der Waals surface area contributed by atoms with Gasteiger partial charge in [-0.3, -0.25) is 9.69 Å². The molecule has 2 aromatic rings. The van der Waals surface area contributed by atoms with Crippen molar-refractivity contribution in [2.75, 3.05) is 11.9 Å². The first-order chi connectivity index (χ1) is 10.8. The van der Waals surface area contributed by atoms with Crippen LogP contribution in [0.15, 0.2) is 65.7 Å². The van der Waals surface area contributed by atoms with Crippen LogP contribution in [0.1, 0.15) is 24.9 Å². The lowest BCUT2D eigenvalue weighted by Crippen LogP contribution is -2.37. The number of carbonyl (C=O) groups is 1. The molecule has 0 radical (unpaired) electrons. The summed E-state index contributed by atoms with van der Waals surface area (Å²) in [6.45, 7) is 2.73. The van der Waals surface area contributed by atoms with Gasteiger partial charge in [-0.1, -0.05) is 55.5 Å². The number of aliphatic imine (C=N–C) groups is 1. The maximum atomic E-state index is 12.7. The zero-order valence-electron chi connectivity index (χ0n) is 12.6. The molecule has 3 rings (SSSR count). The van der Waals surface area contributed by atoms with Crippen LogP contribution in [0.3, 0.4) is 0 Å². The van der Waals surface area contributed by atoms with E-state index in [-0.39, 0.29) is 5.91 Å². The monoisotopic (exact) mass is 293 g/mol. The number of carbonyl (C=O) groups excluding carboxylic acids is 1. The van der Waals surface area contributed by atoms with Gasteiger partial charge < -0.3 is 5.32 Å². The fraction of sp³-hybridized carbons (Fsp3) is 0.222. The van der Waals surface area contributed by atoms with Crippen molar-refractivity contribution >= 4 is 17.6 Å². The molecule has 1 unspecified atom stereocenters. The molecule has 1 aliphatic heterocycles. The lowest BCUT2D eigenvalue weighted by atomic mass is 10.1. The van der Waals surface area contributed by atoms with Crippen LogP contribution in [0, 0.1) is 0 Å². The number of hydrogen-bond acceptors (Lipinski definition) is 3. The first-order valence-electron chi connectivity index (χ1n) is 7.56. The number of benzene rings is 2. The zero-order valence-corrected chi connectivity index (χ0v) is 12.6. The van der Waals surface area contributed by atoms with Crippen LogP contribution < -0.4 is 5.32 Å². The van der Waals surface area contributed by atoms with Crippen LogP contribution >= 0.6 is 0 Å². The van der Waals surface area contributed by atoms with Gasteiger partial charge >= 0.3 is 0 Å². The van der Waals surface area contributed by atoms with E-state index in [4.69, 9.17) is 0 Å². The molecule has 4 heteroatoms. The first kappa shape index (κ1) is 14.3. The topological polar surface area (TPSA) is 44.7 Å². The molecule has 0 bridgehead atoms. The van der Waals surface area contributed by atoms with E-state index in [1.807, 2.05) is 60.7 Å². The van der Waals surface area contributed by atoms with Gasteiger partial charge in [0.1, 0.15) is 0 Å². The molecule has 1 atom stereocenters. The summed E-state index contributed by atoms with van der Waals surface area (Å²) in [5.74, 6) is 0.665. The largest absolute Gasteiger partial charge is 0.326 e. The minimum atomic E-state index is -0.445. The number of para-hydroxylation sites is 1. The van der Waals surface area contributed by atoms with Crippen molar-refractivity contribution in [2.45, 2.75) is 19.4 Å². The van der Waals surface area contributed by atoms with Crippen molar-refractivity contribution < 1.29 is 4.79 Å². The average molecular weight is 293 g/mol. The third-order valence-corrected chi connectivity index (χ3v) is 3.60. The molecule has 22 heavy (non-hydrogen) atoms. The van der Waals surface area contributed by atoms with Crippen LogP contribution in [0.2, 0.25) is 0 Å². The predicted molar refractivity (Wildman–Crippen MR) is 88.7 cm³/mol. The predicted octanol–water partition coefficient (Wildman–Crippen LogP) is 3.45. The van der Waals surface area contributed by atoms with Gasteiger partial charge in [0, 0.05) is 12.2 Å². The van der Waals surface area contributed by atoms with E-state index in [0.717, 1.165) is 17.7 Å². The number of nitrogens with one attached hydrogen (secondary N) is 1. The fourth-order valence-electron chi connectivity index (χ4n) is 2.54. The van der Waals surface area contributed by atoms with E-state index in [1.54, 1.807) is 4.90 Å². The Balaban J connectivity index is 1.89. The molecule has 1 heterocycles. The third kappa shape index (κ3) is 2.86. The van der Waals surface area contributed by atoms with Gasteiger partial charge in [-0.25, -0.2) is 4.99 Å². The summed E-state index contributed by atoms with van der Waals surface area (Å²) < 4.78 is 0. The van der Waals surface area contributed by atoms with Gasteiger partial charge in [0.2, 0.25) is 5.96 Å². The van der Waals surface area contributed by atoms with Crippen molar-refractivity contribution in [3.63, 3.8) is 0 Å². The summed E-state index contributed by atoms with van der Waals surface area (Å²) in [6, 6.07) is 19.1. The van der Waals surface area contributed by atoms with Gasteiger partial charge in [-0.2, -0.15) is 0 Å². The summed E-state index contributed by atoms with van der Waals surface area (Å²) >= 11 is 0. The molecule has 0 aromatic heterocycles. The maximum Gasteiger partial charge on any atom is 0.258 e. The van der Waals surface area contributed by atoms with E-state index >= 15 is 0 Å². The fourth-order valence-corrected chi connectivity index (χ4v) is 2.54. The molecule has 1 aliphatic rings. The lowest BCUT2D eigenvalue weighted by Gasteiger charge is -2.19. The van der Waals surface area contributed by atoms with Crippen molar-refractivity contribution in [3.05, 3.63) is 66.2 Å². The van der Waals surface area contributed by atoms with Crippen LogP contribution in [-0.2, 0) is 4.79 Å². The zero-order chi connectivity index (χ0) is 15.4. The summed E-state index contributed by atoms with van der Waals surface area (Å²) in [5.41, 5.74) is 1.86. The minimum Gasteiger partial charge on any atom is -0.326 e. The average Bonchev–Trinajstić information content (AvgIpc) is 2.86. The summed E-state index contributed by atoms with van der Waals surface area (Å²) in [6.07, 6.45) is 0.892. The number of amides is 1. The molecule has 0 saturated carbocycles. The second-order valence-corrected chi connectivity index (χ2v) is 5.25. The molecule has 0 fully saturated rings. The Hall–Kier alpha value is -2.62. The van der Waals surface area contributed by atoms with Crippen LogP contribution in [-0.4, -0.2) is 23.3 Å². The Bertz CT molecular complexity index is 667. The highest BCUT2D eigenvalue weighted by Gasteiger charge is 2.35. The number of nitrogens with zero attached hydrogens (tertiary/aromatic N) is 2. The normalized spacial score (nSPS) is 17.5. The quantitative estimate of drug-likeness (QED) is 0.938. The van der Waals surface area contributed by atoms with Crippen LogP contribution in [0.4, 0.5) is 5.69 Å². The SMILES string of the molecule is CCCN1C(=O)C(c2ccccc2)N=C1Nc1ccccc1. The highest BCUT2D eigenvalue weighted by atomic mass is 16.2. The van der Waals surface area contributed by atoms with Crippen molar-refractivity contribution in [1.82, 2.24) is 4.90 Å². The number of rotatable bonds is 4. The maximum absolute atomic E-state index is 12.7. The van der Waals surface area contributed by atoms with Gasteiger partial charge in [-0.15, -0.1) is 0 Å². The lowest BCUT2D eigenvalue weighted by molar-refractivity contribution is -0.127. The third-order valence-electron chi connectivity index (χ3n) is 3.60. The number of guanidine groups is 1. The Kier molecular flexibility index (Phi) is 4.19. The van der Waals surface area contributed by atoms with E-state index in [0.29, 0.717) is 12.5 Å². The Morgan fingerprint density at radius 1 is 1.05 bits per heavy atom. The Morgan fingerprint density at radius 2 is 1.68 bits per heavy atom. The van der Waals surface area contributed by atoms with Crippen molar-refractivity contribution in [1.29, 1.82) is 0 Å². The first-order valence-corrected chi connectivity index (χ1v) is 7.56.